The summed E-state index contributed by atoms with van der Waals surface area (Å²) in [5, 5.41) is 2.67. The maximum atomic E-state index is 12.5. The molecule has 0 aliphatic heterocycles. The number of carbonyl (C=O) groups is 2. The minimum atomic E-state index is -3.03. The van der Waals surface area contributed by atoms with Gasteiger partial charge in [0.15, 0.2) is 0 Å². The molecule has 1 aliphatic rings. The van der Waals surface area contributed by atoms with Gasteiger partial charge in [-0.25, -0.2) is 4.79 Å². The number of benzene rings is 1. The van der Waals surface area contributed by atoms with Crippen molar-refractivity contribution in [3.05, 3.63) is 29.8 Å². The molecule has 0 aromatic heterocycles. The van der Waals surface area contributed by atoms with Crippen LogP contribution in [0.1, 0.15) is 42.5 Å². The largest absolute Gasteiger partial charge is 0.467 e. The molecule has 0 saturated heterocycles. The summed E-state index contributed by atoms with van der Waals surface area (Å²) in [5.41, 5.74) is -1.15. The number of rotatable bonds is 5. The number of halogens is 2. The number of hydrogen-bond acceptors (Lipinski definition) is 4. The van der Waals surface area contributed by atoms with Crippen LogP contribution in [-0.4, -0.2) is 31.1 Å². The van der Waals surface area contributed by atoms with Crippen LogP contribution in [0.2, 0.25) is 0 Å². The standard InChI is InChI=1S/C16H19F2NO4/c1-22-14(21)16(9-5-2-6-10-16)19-13(20)11-7-3-4-8-12(11)23-15(17)18/h3-4,7-8,15H,2,5-6,9-10H2,1H3,(H,19,20). The van der Waals surface area contributed by atoms with Gasteiger partial charge in [0, 0.05) is 0 Å². The average molecular weight is 327 g/mol. The molecule has 0 spiro atoms. The fraction of sp³-hybridized carbons (Fsp3) is 0.500. The van der Waals surface area contributed by atoms with Gasteiger partial charge in [-0.2, -0.15) is 8.78 Å². The third kappa shape index (κ3) is 3.97. The number of alkyl halides is 2. The van der Waals surface area contributed by atoms with Crippen molar-refractivity contribution in [3.8, 4) is 5.75 Å². The predicted molar refractivity (Wildman–Crippen MR) is 78.4 cm³/mol. The Hall–Kier alpha value is -2.18. The number of methoxy groups -OCH3 is 1. The molecule has 23 heavy (non-hydrogen) atoms. The molecule has 126 valence electrons. The van der Waals surface area contributed by atoms with Gasteiger partial charge in [0.2, 0.25) is 0 Å². The molecular weight excluding hydrogens is 308 g/mol. The third-order valence-corrected chi connectivity index (χ3v) is 3.98. The Labute approximate surface area is 133 Å². The first kappa shape index (κ1) is 17.2. The van der Waals surface area contributed by atoms with E-state index < -0.39 is 24.0 Å². The number of carbonyl (C=O) groups excluding carboxylic acids is 2. The number of ether oxygens (including phenoxy) is 2. The molecule has 1 aromatic rings. The molecule has 0 heterocycles. The number of esters is 1. The van der Waals surface area contributed by atoms with E-state index >= 15 is 0 Å². The summed E-state index contributed by atoms with van der Waals surface area (Å²) in [6, 6.07) is 5.69. The quantitative estimate of drug-likeness (QED) is 0.845. The summed E-state index contributed by atoms with van der Waals surface area (Å²) in [7, 11) is 1.26. The van der Waals surface area contributed by atoms with Gasteiger partial charge in [-0.05, 0) is 25.0 Å². The molecule has 0 atom stereocenters. The summed E-state index contributed by atoms with van der Waals surface area (Å²) in [6.07, 6.45) is 3.46. The minimum absolute atomic E-state index is 0.0401. The molecule has 2 rings (SSSR count). The van der Waals surface area contributed by atoms with E-state index in [-0.39, 0.29) is 11.3 Å². The lowest BCUT2D eigenvalue weighted by atomic mass is 9.81. The van der Waals surface area contributed by atoms with Crippen molar-refractivity contribution in [2.45, 2.75) is 44.3 Å². The van der Waals surface area contributed by atoms with Gasteiger partial charge in [0.05, 0.1) is 12.7 Å². The van der Waals surface area contributed by atoms with Gasteiger partial charge >= 0.3 is 12.6 Å². The van der Waals surface area contributed by atoms with E-state index in [9.17, 15) is 18.4 Å². The lowest BCUT2D eigenvalue weighted by molar-refractivity contribution is -0.149. The Morgan fingerprint density at radius 2 is 1.83 bits per heavy atom. The SMILES string of the molecule is COC(=O)C1(NC(=O)c2ccccc2OC(F)F)CCCCC1. The monoisotopic (exact) mass is 327 g/mol. The van der Waals surface area contributed by atoms with Crippen molar-refractivity contribution in [3.63, 3.8) is 0 Å². The molecule has 0 unspecified atom stereocenters. The summed E-state index contributed by atoms with van der Waals surface area (Å²) in [5.74, 6) is -1.37. The highest BCUT2D eigenvalue weighted by Gasteiger charge is 2.42. The fourth-order valence-electron chi connectivity index (χ4n) is 2.87. The van der Waals surface area contributed by atoms with Gasteiger partial charge in [-0.15, -0.1) is 0 Å². The molecule has 1 N–H and O–H groups in total. The molecule has 1 fully saturated rings. The number of hydrogen-bond donors (Lipinski definition) is 1. The van der Waals surface area contributed by atoms with Crippen molar-refractivity contribution in [1.29, 1.82) is 0 Å². The predicted octanol–water partition coefficient (Wildman–Crippen LogP) is 2.89. The van der Waals surface area contributed by atoms with Gasteiger partial charge in [0.25, 0.3) is 5.91 Å². The second-order valence-electron chi connectivity index (χ2n) is 5.46. The van der Waals surface area contributed by atoms with Crippen LogP contribution in [0.15, 0.2) is 24.3 Å². The number of nitrogens with one attached hydrogen (secondary N) is 1. The highest BCUT2D eigenvalue weighted by atomic mass is 19.3. The van der Waals surface area contributed by atoms with E-state index in [0.29, 0.717) is 12.8 Å². The van der Waals surface area contributed by atoms with Crippen molar-refractivity contribution >= 4 is 11.9 Å². The van der Waals surface area contributed by atoms with Crippen LogP contribution in [0.25, 0.3) is 0 Å². The zero-order chi connectivity index (χ0) is 16.9. The normalized spacial score (nSPS) is 16.7. The maximum Gasteiger partial charge on any atom is 0.387 e. The molecule has 1 amide bonds. The Bertz CT molecular complexity index is 571. The molecule has 0 radical (unpaired) electrons. The summed E-state index contributed by atoms with van der Waals surface area (Å²) < 4.78 is 34.1. The summed E-state index contributed by atoms with van der Waals surface area (Å²) in [4.78, 5) is 24.6. The second kappa shape index (κ2) is 7.39. The molecule has 0 bridgehead atoms. The fourth-order valence-corrected chi connectivity index (χ4v) is 2.87. The van der Waals surface area contributed by atoms with Crippen molar-refractivity contribution in [2.75, 3.05) is 7.11 Å². The average Bonchev–Trinajstić information content (AvgIpc) is 2.54. The van der Waals surface area contributed by atoms with Crippen LogP contribution in [0.4, 0.5) is 8.78 Å². The van der Waals surface area contributed by atoms with Crippen LogP contribution < -0.4 is 10.1 Å². The molecular formula is C16H19F2NO4. The second-order valence-corrected chi connectivity index (χ2v) is 5.46. The summed E-state index contributed by atoms with van der Waals surface area (Å²) >= 11 is 0. The zero-order valence-electron chi connectivity index (χ0n) is 12.8. The smallest absolute Gasteiger partial charge is 0.387 e. The van der Waals surface area contributed by atoms with Gasteiger partial charge in [-0.1, -0.05) is 31.4 Å². The molecule has 1 aromatic carbocycles. The lowest BCUT2D eigenvalue weighted by Gasteiger charge is -2.35. The van der Waals surface area contributed by atoms with E-state index in [4.69, 9.17) is 4.74 Å². The molecule has 1 saturated carbocycles. The van der Waals surface area contributed by atoms with E-state index in [2.05, 4.69) is 10.1 Å². The Kier molecular flexibility index (Phi) is 5.52. The van der Waals surface area contributed by atoms with E-state index in [1.807, 2.05) is 0 Å². The van der Waals surface area contributed by atoms with Gasteiger partial charge in [0.1, 0.15) is 11.3 Å². The van der Waals surface area contributed by atoms with Gasteiger partial charge < -0.3 is 14.8 Å². The van der Waals surface area contributed by atoms with Crippen LogP contribution in [0, 0.1) is 0 Å². The van der Waals surface area contributed by atoms with Crippen molar-refractivity contribution in [1.82, 2.24) is 5.32 Å². The first-order valence-electron chi connectivity index (χ1n) is 7.43. The topological polar surface area (TPSA) is 64.6 Å². The molecule has 5 nitrogen and oxygen atoms in total. The van der Waals surface area contributed by atoms with Crippen molar-refractivity contribution in [2.24, 2.45) is 0 Å². The first-order valence-corrected chi connectivity index (χ1v) is 7.43. The van der Waals surface area contributed by atoms with Crippen molar-refractivity contribution < 1.29 is 27.8 Å². The van der Waals surface area contributed by atoms with Gasteiger partial charge in [-0.3, -0.25) is 4.79 Å². The van der Waals surface area contributed by atoms with E-state index in [1.165, 1.54) is 25.3 Å². The Morgan fingerprint density at radius 1 is 1.17 bits per heavy atom. The number of amides is 1. The third-order valence-electron chi connectivity index (χ3n) is 3.98. The number of para-hydroxylation sites is 1. The van der Waals surface area contributed by atoms with E-state index in [1.54, 1.807) is 6.07 Å². The molecule has 1 aliphatic carbocycles. The van der Waals surface area contributed by atoms with Crippen LogP contribution in [-0.2, 0) is 9.53 Å². The van der Waals surface area contributed by atoms with E-state index in [0.717, 1.165) is 19.3 Å². The zero-order valence-corrected chi connectivity index (χ0v) is 12.8. The van der Waals surface area contributed by atoms with Crippen LogP contribution >= 0.6 is 0 Å². The van der Waals surface area contributed by atoms with Crippen LogP contribution in [0.3, 0.4) is 0 Å². The minimum Gasteiger partial charge on any atom is -0.467 e. The maximum absolute atomic E-state index is 12.5. The highest BCUT2D eigenvalue weighted by molar-refractivity contribution is 6.00. The highest BCUT2D eigenvalue weighted by Crippen LogP contribution is 2.30. The summed E-state index contributed by atoms with van der Waals surface area (Å²) in [6.45, 7) is -3.03. The Morgan fingerprint density at radius 3 is 2.43 bits per heavy atom. The molecule has 7 heteroatoms. The van der Waals surface area contributed by atoms with Crippen LogP contribution in [0.5, 0.6) is 5.75 Å². The first-order chi connectivity index (χ1) is 11.0. The lowest BCUT2D eigenvalue weighted by Crippen LogP contribution is -2.56. The Balaban J connectivity index is 2.24.